The van der Waals surface area contributed by atoms with E-state index >= 15 is 0 Å². The number of carbonyl (C=O) groups excluding carboxylic acids is 1. The van der Waals surface area contributed by atoms with Gasteiger partial charge in [-0.2, -0.15) is 10.5 Å². The van der Waals surface area contributed by atoms with Crippen molar-refractivity contribution in [2.24, 2.45) is 0 Å². The van der Waals surface area contributed by atoms with E-state index in [9.17, 15) is 10.1 Å². The van der Waals surface area contributed by atoms with Crippen LogP contribution in [0.3, 0.4) is 0 Å². The molecule has 31 heavy (non-hydrogen) atoms. The number of rotatable bonds is 5. The first kappa shape index (κ1) is 22.1. The third-order valence-corrected chi connectivity index (χ3v) is 4.65. The number of carbonyl (C=O) groups is 1. The Morgan fingerprint density at radius 1 is 1.35 bits per heavy atom. The van der Waals surface area contributed by atoms with Crippen molar-refractivity contribution < 1.29 is 14.3 Å². The zero-order chi connectivity index (χ0) is 22.4. The Kier molecular flexibility index (Phi) is 6.74. The van der Waals surface area contributed by atoms with Crippen LogP contribution in [0.5, 0.6) is 5.75 Å². The first-order valence-corrected chi connectivity index (χ1v) is 10.1. The van der Waals surface area contributed by atoms with Crippen molar-refractivity contribution in [2.75, 3.05) is 18.4 Å². The Morgan fingerprint density at radius 3 is 2.68 bits per heavy atom. The number of amides is 1. The molecule has 2 N–H and O–H groups in total. The van der Waals surface area contributed by atoms with Crippen LogP contribution in [0, 0.1) is 18.3 Å². The minimum atomic E-state index is -0.494. The predicted octanol–water partition coefficient (Wildman–Crippen LogP) is 3.26. The number of aromatic nitrogens is 4. The van der Waals surface area contributed by atoms with Crippen LogP contribution >= 0.6 is 0 Å². The lowest BCUT2D eigenvalue weighted by Crippen LogP contribution is -2.44. The second-order valence-electron chi connectivity index (χ2n) is 8.31. The number of anilines is 1. The highest BCUT2D eigenvalue weighted by Crippen LogP contribution is 2.26. The molecule has 164 valence electrons. The zero-order valence-electron chi connectivity index (χ0n) is 18.2. The molecule has 1 aromatic heterocycles. The Morgan fingerprint density at radius 2 is 2.10 bits per heavy atom. The minimum Gasteiger partial charge on any atom is -0.490 e. The molecule has 0 bridgehead atoms. The molecule has 2 heterocycles. The van der Waals surface area contributed by atoms with Crippen LogP contribution in [-0.2, 0) is 4.74 Å². The maximum atomic E-state index is 12.2. The molecule has 0 spiro atoms. The van der Waals surface area contributed by atoms with Gasteiger partial charge in [0.1, 0.15) is 29.1 Å². The predicted molar refractivity (Wildman–Crippen MR) is 114 cm³/mol. The van der Waals surface area contributed by atoms with Crippen LogP contribution in [0.1, 0.15) is 45.0 Å². The van der Waals surface area contributed by atoms with Crippen molar-refractivity contribution >= 4 is 17.4 Å². The lowest BCUT2D eigenvalue weighted by molar-refractivity contribution is 0.0126. The number of likely N-dealkylation sites (tertiary alicyclic amines) is 1. The summed E-state index contributed by atoms with van der Waals surface area (Å²) in [7, 11) is 0. The molecule has 0 radical (unpaired) electrons. The molecule has 0 aliphatic carbocycles. The highest BCUT2D eigenvalue weighted by molar-refractivity contribution is 5.74. The largest absolute Gasteiger partial charge is 0.490 e. The third-order valence-electron chi connectivity index (χ3n) is 4.65. The first-order chi connectivity index (χ1) is 14.7. The summed E-state index contributed by atoms with van der Waals surface area (Å²) in [6, 6.07) is 7.74. The molecular formula is C21H27N7O3. The van der Waals surface area contributed by atoms with Gasteiger partial charge in [0, 0.05) is 37.8 Å². The van der Waals surface area contributed by atoms with E-state index in [0.29, 0.717) is 13.1 Å². The Hall–Kier alpha value is -3.61. The van der Waals surface area contributed by atoms with Crippen molar-refractivity contribution in [3.05, 3.63) is 35.8 Å². The summed E-state index contributed by atoms with van der Waals surface area (Å²) in [5.41, 5.74) is 1.54. The highest BCUT2D eigenvalue weighted by atomic mass is 16.6. The van der Waals surface area contributed by atoms with Gasteiger partial charge in [0.05, 0.1) is 0 Å². The van der Waals surface area contributed by atoms with E-state index in [2.05, 4.69) is 25.9 Å². The summed E-state index contributed by atoms with van der Waals surface area (Å²) in [4.78, 5) is 13.9. The van der Waals surface area contributed by atoms with E-state index in [1.54, 1.807) is 4.90 Å². The normalized spacial score (nSPS) is 15.3. The van der Waals surface area contributed by atoms with Gasteiger partial charge < -0.3 is 19.7 Å². The Labute approximate surface area is 181 Å². The van der Waals surface area contributed by atoms with Crippen molar-refractivity contribution in [3.63, 3.8) is 0 Å². The molecule has 3 rings (SSSR count). The van der Waals surface area contributed by atoms with E-state index in [1.165, 1.54) is 6.20 Å². The Balaban J connectivity index is 1.54. The van der Waals surface area contributed by atoms with Gasteiger partial charge in [-0.15, -0.1) is 10.2 Å². The number of nitrogens with one attached hydrogen (secondary N) is 2. The third kappa shape index (κ3) is 6.18. The molecule has 10 nitrogen and oxygen atoms in total. The number of hydrogen-bond acceptors (Lipinski definition) is 8. The van der Waals surface area contributed by atoms with Gasteiger partial charge in [-0.05, 0) is 56.7 Å². The van der Waals surface area contributed by atoms with Crippen molar-refractivity contribution in [3.8, 4) is 11.8 Å². The molecular weight excluding hydrogens is 398 g/mol. The number of ether oxygens (including phenoxy) is 2. The molecule has 1 aliphatic rings. The fourth-order valence-electron chi connectivity index (χ4n) is 3.11. The molecule has 1 fully saturated rings. The standard InChI is InChI=1S/C21H27N7O3/c1-14-11-16(23-13-15(12-22)19-24-26-27-25-19)5-6-18(14)30-17-7-9-28(10-8-17)20(29)31-21(2,3)4/h5-6,11,13,17,23H,7-10H2,1-4H3,(H,24,25,26,27). The van der Waals surface area contributed by atoms with E-state index in [0.717, 1.165) is 29.8 Å². The quantitative estimate of drug-likeness (QED) is 0.698. The topological polar surface area (TPSA) is 129 Å². The summed E-state index contributed by atoms with van der Waals surface area (Å²) in [5, 5.41) is 25.7. The number of tetrazole rings is 1. The maximum absolute atomic E-state index is 12.2. The minimum absolute atomic E-state index is 0.0412. The number of aryl methyl sites for hydroxylation is 1. The number of nitrogens with zero attached hydrogens (tertiary/aromatic N) is 5. The highest BCUT2D eigenvalue weighted by Gasteiger charge is 2.27. The maximum Gasteiger partial charge on any atom is 0.410 e. The number of aromatic amines is 1. The molecule has 1 aliphatic heterocycles. The van der Waals surface area contributed by atoms with Crippen LogP contribution in [-0.4, -0.2) is 56.4 Å². The number of nitriles is 1. The molecule has 1 aromatic carbocycles. The second kappa shape index (κ2) is 9.47. The van der Waals surface area contributed by atoms with Crippen LogP contribution in [0.25, 0.3) is 5.57 Å². The van der Waals surface area contributed by atoms with Crippen LogP contribution in [0.15, 0.2) is 24.4 Å². The number of piperidine rings is 1. The van der Waals surface area contributed by atoms with Crippen LogP contribution < -0.4 is 10.1 Å². The summed E-state index contributed by atoms with van der Waals surface area (Å²) < 4.78 is 11.6. The average molecular weight is 425 g/mol. The van der Waals surface area contributed by atoms with Crippen molar-refractivity contribution in [1.29, 1.82) is 5.26 Å². The molecule has 1 amide bonds. The van der Waals surface area contributed by atoms with E-state index in [1.807, 2.05) is 52.0 Å². The first-order valence-electron chi connectivity index (χ1n) is 10.1. The molecule has 10 heteroatoms. The molecule has 0 saturated carbocycles. The van der Waals surface area contributed by atoms with Gasteiger partial charge in [0.15, 0.2) is 0 Å². The van der Waals surface area contributed by atoms with Gasteiger partial charge >= 0.3 is 6.09 Å². The van der Waals surface area contributed by atoms with Crippen LogP contribution in [0.4, 0.5) is 10.5 Å². The summed E-state index contributed by atoms with van der Waals surface area (Å²) in [6.07, 6.45) is 2.80. The number of benzene rings is 1. The van der Waals surface area contributed by atoms with E-state index in [-0.39, 0.29) is 23.6 Å². The van der Waals surface area contributed by atoms with Gasteiger partial charge in [-0.1, -0.05) is 0 Å². The van der Waals surface area contributed by atoms with E-state index in [4.69, 9.17) is 9.47 Å². The Bertz CT molecular complexity index is 966. The SMILES string of the molecule is Cc1cc(NC=C(C#N)c2nn[nH]n2)ccc1OC1CCN(C(=O)OC(C)(C)C)CC1. The molecule has 1 saturated heterocycles. The summed E-state index contributed by atoms with van der Waals surface area (Å²) in [6.45, 7) is 8.77. The second-order valence-corrected chi connectivity index (χ2v) is 8.31. The lowest BCUT2D eigenvalue weighted by atomic mass is 10.1. The van der Waals surface area contributed by atoms with Crippen molar-refractivity contribution in [2.45, 2.75) is 52.2 Å². The molecule has 0 atom stereocenters. The van der Waals surface area contributed by atoms with E-state index < -0.39 is 5.60 Å². The number of H-pyrrole nitrogens is 1. The monoisotopic (exact) mass is 425 g/mol. The molecule has 0 unspecified atom stereocenters. The van der Waals surface area contributed by atoms with Gasteiger partial charge in [-0.3, -0.25) is 0 Å². The smallest absolute Gasteiger partial charge is 0.410 e. The zero-order valence-corrected chi connectivity index (χ0v) is 18.2. The lowest BCUT2D eigenvalue weighted by Gasteiger charge is -2.33. The van der Waals surface area contributed by atoms with Gasteiger partial charge in [-0.25, -0.2) is 4.79 Å². The molecule has 2 aromatic rings. The number of allylic oxidation sites excluding steroid dienone is 1. The van der Waals surface area contributed by atoms with Crippen LogP contribution in [0.2, 0.25) is 0 Å². The average Bonchev–Trinajstić information content (AvgIpc) is 3.24. The fourth-order valence-corrected chi connectivity index (χ4v) is 3.11. The van der Waals surface area contributed by atoms with Crippen molar-refractivity contribution in [1.82, 2.24) is 25.5 Å². The van der Waals surface area contributed by atoms with Gasteiger partial charge in [0.25, 0.3) is 0 Å². The summed E-state index contributed by atoms with van der Waals surface area (Å²) in [5.74, 6) is 1.02. The fraction of sp³-hybridized carbons (Fsp3) is 0.476. The summed E-state index contributed by atoms with van der Waals surface area (Å²) >= 11 is 0. The van der Waals surface area contributed by atoms with Gasteiger partial charge in [0.2, 0.25) is 5.82 Å². The number of hydrogen-bond donors (Lipinski definition) is 2.